The molecular formula is C14H20N2S. The number of hydrogen-bond donors (Lipinski definition) is 1. The van der Waals surface area contributed by atoms with Gasteiger partial charge in [0.05, 0.1) is 5.69 Å². The van der Waals surface area contributed by atoms with Crippen LogP contribution in [0.1, 0.15) is 19.3 Å². The van der Waals surface area contributed by atoms with Crippen LogP contribution in [0.5, 0.6) is 0 Å². The van der Waals surface area contributed by atoms with Crippen molar-refractivity contribution in [1.82, 2.24) is 5.32 Å². The molecule has 92 valence electrons. The smallest absolute Gasteiger partial charge is 0.0504 e. The van der Waals surface area contributed by atoms with E-state index in [9.17, 15) is 0 Å². The van der Waals surface area contributed by atoms with Gasteiger partial charge in [-0.15, -0.1) is 11.8 Å². The van der Waals surface area contributed by atoms with E-state index in [1.807, 2.05) is 11.8 Å². The molecule has 0 aromatic heterocycles. The Morgan fingerprint density at radius 2 is 2.00 bits per heavy atom. The van der Waals surface area contributed by atoms with Crippen molar-refractivity contribution < 1.29 is 0 Å². The fourth-order valence-electron chi connectivity index (χ4n) is 2.59. The van der Waals surface area contributed by atoms with E-state index in [2.05, 4.69) is 40.7 Å². The number of anilines is 1. The molecule has 3 heteroatoms. The van der Waals surface area contributed by atoms with Gasteiger partial charge < -0.3 is 10.2 Å². The van der Waals surface area contributed by atoms with E-state index in [0.29, 0.717) is 6.04 Å². The first-order valence-corrected chi connectivity index (χ1v) is 7.73. The number of nitrogens with zero attached hydrogens (tertiary/aromatic N) is 1. The predicted molar refractivity (Wildman–Crippen MR) is 75.0 cm³/mol. The lowest BCUT2D eigenvalue weighted by Gasteiger charge is -2.21. The zero-order valence-electron chi connectivity index (χ0n) is 10.4. The Labute approximate surface area is 108 Å². The second kappa shape index (κ2) is 4.91. The maximum Gasteiger partial charge on any atom is 0.0504 e. The molecule has 1 atom stereocenters. The molecule has 1 unspecified atom stereocenters. The van der Waals surface area contributed by atoms with Crippen molar-refractivity contribution in [1.29, 1.82) is 0 Å². The largest absolute Gasteiger partial charge is 0.369 e. The Balaban J connectivity index is 1.68. The number of rotatable bonds is 4. The van der Waals surface area contributed by atoms with E-state index < -0.39 is 0 Å². The Hall–Kier alpha value is -0.670. The van der Waals surface area contributed by atoms with Gasteiger partial charge in [-0.1, -0.05) is 12.1 Å². The van der Waals surface area contributed by atoms with E-state index in [1.54, 1.807) is 0 Å². The van der Waals surface area contributed by atoms with Crippen LogP contribution in [0.15, 0.2) is 29.2 Å². The average molecular weight is 248 g/mol. The van der Waals surface area contributed by atoms with Gasteiger partial charge in [0.25, 0.3) is 0 Å². The highest BCUT2D eigenvalue weighted by Gasteiger charge is 2.29. The summed E-state index contributed by atoms with van der Waals surface area (Å²) in [5, 5.41) is 3.74. The van der Waals surface area contributed by atoms with Crippen LogP contribution in [0.3, 0.4) is 0 Å². The van der Waals surface area contributed by atoms with Crippen molar-refractivity contribution in [3.05, 3.63) is 24.3 Å². The standard InChI is InChI=1S/C14H20N2S/c1-17-14-5-3-2-4-13(14)16-9-8-12(10-16)15-11-6-7-11/h2-5,11-12,15H,6-10H2,1H3. The fraction of sp³-hybridized carbons (Fsp3) is 0.571. The molecule has 1 aromatic carbocycles. The van der Waals surface area contributed by atoms with Gasteiger partial charge in [-0.25, -0.2) is 0 Å². The minimum absolute atomic E-state index is 0.706. The summed E-state index contributed by atoms with van der Waals surface area (Å²) < 4.78 is 0. The second-order valence-corrected chi connectivity index (χ2v) is 5.89. The highest BCUT2D eigenvalue weighted by atomic mass is 32.2. The molecule has 1 heterocycles. The third-order valence-corrected chi connectivity index (χ3v) is 4.45. The highest BCUT2D eigenvalue weighted by Crippen LogP contribution is 2.31. The number of nitrogens with one attached hydrogen (secondary N) is 1. The number of thioether (sulfide) groups is 1. The van der Waals surface area contributed by atoms with Crippen molar-refractivity contribution >= 4 is 17.4 Å². The third-order valence-electron chi connectivity index (χ3n) is 3.66. The summed E-state index contributed by atoms with van der Waals surface area (Å²) in [6, 6.07) is 10.3. The van der Waals surface area contributed by atoms with Crippen LogP contribution in [-0.4, -0.2) is 31.4 Å². The van der Waals surface area contributed by atoms with Crippen LogP contribution in [0.2, 0.25) is 0 Å². The molecule has 1 aliphatic carbocycles. The Morgan fingerprint density at radius 1 is 1.18 bits per heavy atom. The molecule has 1 saturated heterocycles. The van der Waals surface area contributed by atoms with Gasteiger partial charge in [0, 0.05) is 30.1 Å². The van der Waals surface area contributed by atoms with E-state index in [1.165, 1.54) is 42.9 Å². The molecule has 2 aliphatic rings. The SMILES string of the molecule is CSc1ccccc1N1CCC(NC2CC2)C1. The molecule has 0 spiro atoms. The normalized spacial score (nSPS) is 24.3. The molecule has 0 amide bonds. The first-order valence-electron chi connectivity index (χ1n) is 6.51. The van der Waals surface area contributed by atoms with Gasteiger partial charge in [0.2, 0.25) is 0 Å². The maximum absolute atomic E-state index is 3.74. The first-order chi connectivity index (χ1) is 8.36. The topological polar surface area (TPSA) is 15.3 Å². The lowest BCUT2D eigenvalue weighted by Crippen LogP contribution is -2.34. The highest BCUT2D eigenvalue weighted by molar-refractivity contribution is 7.98. The molecule has 2 fully saturated rings. The van der Waals surface area contributed by atoms with Crippen molar-refractivity contribution in [2.75, 3.05) is 24.2 Å². The zero-order chi connectivity index (χ0) is 11.7. The molecule has 17 heavy (non-hydrogen) atoms. The molecule has 1 aliphatic heterocycles. The summed E-state index contributed by atoms with van der Waals surface area (Å²) in [6.45, 7) is 2.37. The molecular weight excluding hydrogens is 228 g/mol. The van der Waals surface area contributed by atoms with Crippen LogP contribution in [0.25, 0.3) is 0 Å². The quantitative estimate of drug-likeness (QED) is 0.825. The van der Waals surface area contributed by atoms with E-state index in [-0.39, 0.29) is 0 Å². The van der Waals surface area contributed by atoms with Gasteiger partial charge in [-0.2, -0.15) is 0 Å². The predicted octanol–water partition coefficient (Wildman–Crippen LogP) is 2.74. The summed E-state index contributed by atoms with van der Waals surface area (Å²) >= 11 is 1.85. The van der Waals surface area contributed by atoms with Crippen molar-refractivity contribution in [3.63, 3.8) is 0 Å². The lowest BCUT2D eigenvalue weighted by atomic mass is 10.2. The third kappa shape index (κ3) is 2.61. The molecule has 3 rings (SSSR count). The van der Waals surface area contributed by atoms with Gasteiger partial charge >= 0.3 is 0 Å². The maximum atomic E-state index is 3.74. The van der Waals surface area contributed by atoms with Crippen LogP contribution in [0.4, 0.5) is 5.69 Å². The fourth-order valence-corrected chi connectivity index (χ4v) is 3.21. The minimum atomic E-state index is 0.706. The molecule has 1 aromatic rings. The van der Waals surface area contributed by atoms with Crippen LogP contribution < -0.4 is 10.2 Å². The molecule has 0 radical (unpaired) electrons. The molecule has 1 N–H and O–H groups in total. The first kappa shape index (κ1) is 11.4. The molecule has 2 nitrogen and oxygen atoms in total. The van der Waals surface area contributed by atoms with Crippen molar-refractivity contribution in [3.8, 4) is 0 Å². The van der Waals surface area contributed by atoms with Gasteiger partial charge in [-0.3, -0.25) is 0 Å². The van der Waals surface area contributed by atoms with Gasteiger partial charge in [0.15, 0.2) is 0 Å². The second-order valence-electron chi connectivity index (χ2n) is 5.04. The van der Waals surface area contributed by atoms with E-state index in [0.717, 1.165) is 6.04 Å². The van der Waals surface area contributed by atoms with Gasteiger partial charge in [-0.05, 0) is 37.7 Å². The Kier molecular flexibility index (Phi) is 3.30. The van der Waals surface area contributed by atoms with E-state index in [4.69, 9.17) is 0 Å². The average Bonchev–Trinajstić information content (AvgIpc) is 3.05. The van der Waals surface area contributed by atoms with Crippen molar-refractivity contribution in [2.24, 2.45) is 0 Å². The van der Waals surface area contributed by atoms with Gasteiger partial charge in [0.1, 0.15) is 0 Å². The zero-order valence-corrected chi connectivity index (χ0v) is 11.2. The monoisotopic (exact) mass is 248 g/mol. The Bertz CT molecular complexity index is 390. The summed E-state index contributed by atoms with van der Waals surface area (Å²) in [6.07, 6.45) is 6.23. The Morgan fingerprint density at radius 3 is 2.76 bits per heavy atom. The minimum Gasteiger partial charge on any atom is -0.369 e. The van der Waals surface area contributed by atoms with E-state index >= 15 is 0 Å². The summed E-state index contributed by atoms with van der Waals surface area (Å²) in [7, 11) is 0. The summed E-state index contributed by atoms with van der Waals surface area (Å²) in [4.78, 5) is 3.94. The molecule has 1 saturated carbocycles. The summed E-state index contributed by atoms with van der Waals surface area (Å²) in [5.41, 5.74) is 1.42. The molecule has 0 bridgehead atoms. The summed E-state index contributed by atoms with van der Waals surface area (Å²) in [5.74, 6) is 0. The van der Waals surface area contributed by atoms with Crippen LogP contribution in [0, 0.1) is 0 Å². The van der Waals surface area contributed by atoms with Crippen LogP contribution >= 0.6 is 11.8 Å². The van der Waals surface area contributed by atoms with Crippen LogP contribution in [-0.2, 0) is 0 Å². The number of hydrogen-bond acceptors (Lipinski definition) is 3. The number of benzene rings is 1. The van der Waals surface area contributed by atoms with Crippen molar-refractivity contribution in [2.45, 2.75) is 36.2 Å². The number of para-hydroxylation sites is 1. The lowest BCUT2D eigenvalue weighted by molar-refractivity contribution is 0.548.